The monoisotopic (exact) mass is 440 g/mol. The van der Waals surface area contributed by atoms with Crippen LogP contribution in [0, 0.1) is 0 Å². The first-order valence-corrected chi connectivity index (χ1v) is 11.3. The first-order valence-electron chi connectivity index (χ1n) is 11.3. The molecule has 1 amide bonds. The van der Waals surface area contributed by atoms with Gasteiger partial charge in [0, 0.05) is 61.9 Å². The van der Waals surface area contributed by atoms with Crippen LogP contribution in [0.1, 0.15) is 23.2 Å². The van der Waals surface area contributed by atoms with Crippen LogP contribution < -0.4 is 15.5 Å². The largest absolute Gasteiger partial charge is 0.357 e. The van der Waals surface area contributed by atoms with Gasteiger partial charge in [-0.3, -0.25) is 4.79 Å². The number of aryl methyl sites for hydroxylation is 1. The Balaban J connectivity index is 1.33. The van der Waals surface area contributed by atoms with Gasteiger partial charge < -0.3 is 20.1 Å². The van der Waals surface area contributed by atoms with E-state index in [9.17, 15) is 4.79 Å². The molecule has 0 saturated carbocycles. The molecular formula is C26H28N6O. The highest BCUT2D eigenvalue weighted by atomic mass is 16.1. The Morgan fingerprint density at radius 1 is 1.00 bits per heavy atom. The number of aromatic nitrogens is 3. The zero-order valence-corrected chi connectivity index (χ0v) is 19.0. The van der Waals surface area contributed by atoms with E-state index in [2.05, 4.69) is 56.0 Å². The van der Waals surface area contributed by atoms with Gasteiger partial charge in [0.1, 0.15) is 11.6 Å². The van der Waals surface area contributed by atoms with Gasteiger partial charge in [-0.25, -0.2) is 9.97 Å². The minimum Gasteiger partial charge on any atom is -0.357 e. The molecule has 1 fully saturated rings. The van der Waals surface area contributed by atoms with Crippen LogP contribution in [0.4, 0.5) is 11.6 Å². The van der Waals surface area contributed by atoms with Gasteiger partial charge in [-0.2, -0.15) is 0 Å². The van der Waals surface area contributed by atoms with Gasteiger partial charge >= 0.3 is 0 Å². The lowest BCUT2D eigenvalue weighted by molar-refractivity contribution is 0.102. The summed E-state index contributed by atoms with van der Waals surface area (Å²) in [5.74, 6) is 1.19. The van der Waals surface area contributed by atoms with E-state index in [-0.39, 0.29) is 5.91 Å². The summed E-state index contributed by atoms with van der Waals surface area (Å²) in [4.78, 5) is 24.1. The third kappa shape index (κ3) is 4.59. The van der Waals surface area contributed by atoms with E-state index in [4.69, 9.17) is 0 Å². The molecule has 0 bridgehead atoms. The van der Waals surface area contributed by atoms with E-state index in [1.54, 1.807) is 18.5 Å². The average Bonchev–Trinajstić information content (AvgIpc) is 3.30. The fourth-order valence-electron chi connectivity index (χ4n) is 4.38. The standard InChI is InChI=1S/C26H28N6O/c1-27-23-7-11-32(12-8-23)25-15-19(5-9-28-25)26(33)30-24-14-22-13-18(3-4-20(22)16-29-24)21-6-10-31(2)17-21/h3-6,9-10,13-17,23,27H,7-8,11-12H2,1-2H3,(H,29,30,33). The normalized spacial score (nSPS) is 14.5. The molecule has 33 heavy (non-hydrogen) atoms. The van der Waals surface area contributed by atoms with E-state index in [1.165, 1.54) is 0 Å². The van der Waals surface area contributed by atoms with Crippen LogP contribution >= 0.6 is 0 Å². The number of hydrogen-bond acceptors (Lipinski definition) is 5. The predicted octanol–water partition coefficient (Wildman–Crippen LogP) is 4.08. The van der Waals surface area contributed by atoms with Crippen molar-refractivity contribution in [2.45, 2.75) is 18.9 Å². The Morgan fingerprint density at radius 3 is 2.61 bits per heavy atom. The maximum atomic E-state index is 13.0. The van der Waals surface area contributed by atoms with Crippen LogP contribution in [0.5, 0.6) is 0 Å². The molecule has 1 aliphatic rings. The van der Waals surface area contributed by atoms with Crippen LogP contribution in [0.2, 0.25) is 0 Å². The van der Waals surface area contributed by atoms with E-state index in [0.29, 0.717) is 17.4 Å². The number of nitrogens with zero attached hydrogens (tertiary/aromatic N) is 4. The minimum atomic E-state index is -0.185. The lowest BCUT2D eigenvalue weighted by Crippen LogP contribution is -2.41. The highest BCUT2D eigenvalue weighted by molar-refractivity contribution is 6.05. The number of anilines is 2. The number of carbonyl (C=O) groups excluding carboxylic acids is 1. The van der Waals surface area contributed by atoms with Gasteiger partial charge in [0.05, 0.1) is 0 Å². The molecule has 3 aromatic heterocycles. The molecule has 2 N–H and O–H groups in total. The number of pyridine rings is 2. The maximum absolute atomic E-state index is 13.0. The summed E-state index contributed by atoms with van der Waals surface area (Å²) in [5, 5.41) is 8.35. The van der Waals surface area contributed by atoms with E-state index in [0.717, 1.165) is 53.6 Å². The zero-order valence-electron chi connectivity index (χ0n) is 19.0. The zero-order chi connectivity index (χ0) is 22.8. The molecule has 7 nitrogen and oxygen atoms in total. The molecule has 0 radical (unpaired) electrons. The number of rotatable bonds is 5. The molecule has 5 rings (SSSR count). The number of carbonyl (C=O) groups is 1. The van der Waals surface area contributed by atoms with Crippen LogP contribution in [0.3, 0.4) is 0 Å². The van der Waals surface area contributed by atoms with E-state index >= 15 is 0 Å². The van der Waals surface area contributed by atoms with Crippen LogP contribution in [0.15, 0.2) is 67.3 Å². The summed E-state index contributed by atoms with van der Waals surface area (Å²) in [6.45, 7) is 1.86. The molecule has 0 atom stereocenters. The first kappa shape index (κ1) is 21.2. The Hall–Kier alpha value is -3.71. The van der Waals surface area contributed by atoms with Crippen molar-refractivity contribution >= 4 is 28.3 Å². The van der Waals surface area contributed by atoms with Crippen molar-refractivity contribution in [1.82, 2.24) is 19.9 Å². The van der Waals surface area contributed by atoms with Crippen molar-refractivity contribution < 1.29 is 4.79 Å². The van der Waals surface area contributed by atoms with Crippen molar-refractivity contribution in [3.8, 4) is 11.1 Å². The highest BCUT2D eigenvalue weighted by Gasteiger charge is 2.19. The molecule has 0 spiro atoms. The number of hydrogen-bond donors (Lipinski definition) is 2. The van der Waals surface area contributed by atoms with Crippen molar-refractivity contribution in [3.05, 3.63) is 72.8 Å². The Labute approximate surface area is 193 Å². The van der Waals surface area contributed by atoms with Crippen molar-refractivity contribution in [3.63, 3.8) is 0 Å². The second-order valence-electron chi connectivity index (χ2n) is 8.60. The van der Waals surface area contributed by atoms with Crippen LogP contribution in [0.25, 0.3) is 21.9 Å². The molecule has 1 aromatic carbocycles. The quantitative estimate of drug-likeness (QED) is 0.489. The molecule has 168 valence electrons. The van der Waals surface area contributed by atoms with Crippen molar-refractivity contribution in [1.29, 1.82) is 0 Å². The second-order valence-corrected chi connectivity index (χ2v) is 8.60. The van der Waals surface area contributed by atoms with Gasteiger partial charge in [-0.15, -0.1) is 0 Å². The fraction of sp³-hybridized carbons (Fsp3) is 0.269. The first-order chi connectivity index (χ1) is 16.1. The Kier molecular flexibility index (Phi) is 5.79. The molecule has 1 aliphatic heterocycles. The molecule has 4 heterocycles. The smallest absolute Gasteiger partial charge is 0.257 e. The summed E-state index contributed by atoms with van der Waals surface area (Å²) >= 11 is 0. The summed E-state index contributed by atoms with van der Waals surface area (Å²) in [7, 11) is 4.02. The Bertz CT molecular complexity index is 1290. The van der Waals surface area contributed by atoms with Gasteiger partial charge in [0.2, 0.25) is 0 Å². The lowest BCUT2D eigenvalue weighted by Gasteiger charge is -2.32. The highest BCUT2D eigenvalue weighted by Crippen LogP contribution is 2.26. The average molecular weight is 441 g/mol. The molecule has 7 heteroatoms. The number of benzene rings is 1. The number of amides is 1. The van der Waals surface area contributed by atoms with Gasteiger partial charge in [-0.1, -0.05) is 12.1 Å². The summed E-state index contributed by atoms with van der Waals surface area (Å²) in [6, 6.07) is 14.4. The number of piperidine rings is 1. The van der Waals surface area contributed by atoms with Gasteiger partial charge in [-0.05, 0) is 66.7 Å². The SMILES string of the molecule is CNC1CCN(c2cc(C(=O)Nc3cc4cc(-c5ccn(C)c5)ccc4cn3)ccn2)CC1. The van der Waals surface area contributed by atoms with E-state index < -0.39 is 0 Å². The molecular weight excluding hydrogens is 412 g/mol. The van der Waals surface area contributed by atoms with Crippen LogP contribution in [-0.4, -0.2) is 46.6 Å². The number of fused-ring (bicyclic) bond motifs is 1. The third-order valence-electron chi connectivity index (χ3n) is 6.36. The maximum Gasteiger partial charge on any atom is 0.257 e. The molecule has 0 aliphatic carbocycles. The summed E-state index contributed by atoms with van der Waals surface area (Å²) < 4.78 is 2.03. The number of nitrogens with one attached hydrogen (secondary N) is 2. The lowest BCUT2D eigenvalue weighted by atomic mass is 10.0. The predicted molar refractivity (Wildman–Crippen MR) is 133 cm³/mol. The second kappa shape index (κ2) is 9.03. The van der Waals surface area contributed by atoms with Crippen molar-refractivity contribution in [2.75, 3.05) is 30.4 Å². The molecule has 1 saturated heterocycles. The van der Waals surface area contributed by atoms with E-state index in [1.807, 2.05) is 37.0 Å². The molecule has 4 aromatic rings. The van der Waals surface area contributed by atoms with Crippen LogP contribution in [-0.2, 0) is 7.05 Å². The topological polar surface area (TPSA) is 75.1 Å². The van der Waals surface area contributed by atoms with Gasteiger partial charge in [0.15, 0.2) is 0 Å². The minimum absolute atomic E-state index is 0.185. The Morgan fingerprint density at radius 2 is 1.85 bits per heavy atom. The molecule has 0 unspecified atom stereocenters. The summed E-state index contributed by atoms with van der Waals surface area (Å²) in [6.07, 6.45) is 9.76. The van der Waals surface area contributed by atoms with Crippen molar-refractivity contribution in [2.24, 2.45) is 7.05 Å². The van der Waals surface area contributed by atoms with Gasteiger partial charge in [0.25, 0.3) is 5.91 Å². The fourth-order valence-corrected chi connectivity index (χ4v) is 4.38. The summed E-state index contributed by atoms with van der Waals surface area (Å²) in [5.41, 5.74) is 2.87. The third-order valence-corrected chi connectivity index (χ3v) is 6.36.